The number of guanidine groups is 1. The molecule has 0 radical (unpaired) electrons. The fourth-order valence-corrected chi connectivity index (χ4v) is 3.06. The Morgan fingerprint density at radius 2 is 1.49 bits per heavy atom. The monoisotopic (exact) mass is 544 g/mol. The zero-order chi connectivity index (χ0) is 30.3. The van der Waals surface area contributed by atoms with Gasteiger partial charge in [-0.15, -0.1) is 0 Å². The van der Waals surface area contributed by atoms with Gasteiger partial charge in [0.2, 0.25) is 5.96 Å². The summed E-state index contributed by atoms with van der Waals surface area (Å²) in [5, 5.41) is 0. The molecule has 0 aliphatic rings. The molecule has 0 unspecified atom stereocenters. The number of hydrogen-bond acceptors (Lipinski definition) is 8. The second-order valence-electron chi connectivity index (χ2n) is 11.0. The Bertz CT molecular complexity index is 1130. The normalized spacial score (nSPS) is 11.8. The van der Waals surface area contributed by atoms with Crippen LogP contribution in [0.1, 0.15) is 48.5 Å². The van der Waals surface area contributed by atoms with Crippen LogP contribution in [0.2, 0.25) is 0 Å². The van der Waals surface area contributed by atoms with E-state index in [0.29, 0.717) is 41.5 Å². The summed E-state index contributed by atoms with van der Waals surface area (Å²) < 4.78 is 16.7. The number of anilines is 3. The summed E-state index contributed by atoms with van der Waals surface area (Å²) in [5.74, 6) is 0.213. The number of likely N-dealkylation sites (N-methyl/N-ethyl adjacent to an activating group) is 2. The Hall–Kier alpha value is -4.02. The van der Waals surface area contributed by atoms with Crippen LogP contribution in [-0.2, 0) is 9.47 Å². The van der Waals surface area contributed by atoms with Gasteiger partial charge in [-0.1, -0.05) is 13.2 Å². The van der Waals surface area contributed by atoms with Gasteiger partial charge in [-0.2, -0.15) is 0 Å². The van der Waals surface area contributed by atoms with Gasteiger partial charge in [0, 0.05) is 33.3 Å². The quantitative estimate of drug-likeness (QED) is 0.199. The van der Waals surface area contributed by atoms with E-state index in [1.165, 1.54) is 12.0 Å². The molecule has 1 rings (SSSR count). The molecular formula is C28H44N6O5. The van der Waals surface area contributed by atoms with Crippen molar-refractivity contribution < 1.29 is 23.8 Å². The molecule has 0 spiro atoms. The summed E-state index contributed by atoms with van der Waals surface area (Å²) in [6.07, 6.45) is -1.19. The third-order valence-electron chi connectivity index (χ3n) is 5.10. The van der Waals surface area contributed by atoms with Gasteiger partial charge in [-0.25, -0.2) is 24.5 Å². The number of hydrogen-bond donors (Lipinski definition) is 1. The Labute approximate surface area is 232 Å². The maximum atomic E-state index is 13.4. The summed E-state index contributed by atoms with van der Waals surface area (Å²) in [7, 11) is 4.96. The molecule has 0 aliphatic carbocycles. The van der Waals surface area contributed by atoms with Crippen LogP contribution < -0.4 is 20.3 Å². The number of benzene rings is 1. The number of methoxy groups -OCH3 is 1. The van der Waals surface area contributed by atoms with E-state index in [4.69, 9.17) is 19.9 Å². The van der Waals surface area contributed by atoms with Crippen molar-refractivity contribution in [3.63, 3.8) is 0 Å². The molecule has 1 aromatic carbocycles. The van der Waals surface area contributed by atoms with Gasteiger partial charge in [-0.05, 0) is 66.8 Å². The van der Waals surface area contributed by atoms with E-state index in [1.807, 2.05) is 32.7 Å². The highest BCUT2D eigenvalue weighted by Crippen LogP contribution is 2.38. The Morgan fingerprint density at radius 1 is 0.949 bits per heavy atom. The van der Waals surface area contributed by atoms with Crippen LogP contribution in [0, 0.1) is 0 Å². The van der Waals surface area contributed by atoms with Gasteiger partial charge in [0.1, 0.15) is 17.0 Å². The molecule has 39 heavy (non-hydrogen) atoms. The van der Waals surface area contributed by atoms with Crippen molar-refractivity contribution in [2.24, 2.45) is 9.98 Å². The molecule has 0 saturated carbocycles. The van der Waals surface area contributed by atoms with Crippen LogP contribution in [-0.4, -0.2) is 75.3 Å². The average molecular weight is 545 g/mol. The summed E-state index contributed by atoms with van der Waals surface area (Å²) in [4.78, 5) is 38.5. The lowest BCUT2D eigenvalue weighted by Gasteiger charge is -2.30. The topological polar surface area (TPSA) is 122 Å². The highest BCUT2D eigenvalue weighted by atomic mass is 16.6. The van der Waals surface area contributed by atoms with Gasteiger partial charge in [0.05, 0.1) is 29.9 Å². The van der Waals surface area contributed by atoms with Crippen molar-refractivity contribution in [3.05, 3.63) is 36.6 Å². The van der Waals surface area contributed by atoms with Crippen LogP contribution in [0.25, 0.3) is 0 Å². The first-order chi connectivity index (χ1) is 17.8. The van der Waals surface area contributed by atoms with Crippen molar-refractivity contribution in [2.45, 2.75) is 59.7 Å². The minimum atomic E-state index is -0.813. The molecule has 0 atom stereocenters. The molecule has 0 saturated heterocycles. The van der Waals surface area contributed by atoms with Crippen LogP contribution in [0.3, 0.4) is 0 Å². The highest BCUT2D eigenvalue weighted by molar-refractivity contribution is 6.16. The largest absolute Gasteiger partial charge is 0.494 e. The predicted molar refractivity (Wildman–Crippen MR) is 159 cm³/mol. The van der Waals surface area contributed by atoms with Gasteiger partial charge in [0.25, 0.3) is 0 Å². The lowest BCUT2D eigenvalue weighted by Crippen LogP contribution is -2.41. The molecule has 0 heterocycles. The Kier molecular flexibility index (Phi) is 11.1. The number of ether oxygens (including phenoxy) is 3. The van der Waals surface area contributed by atoms with Crippen molar-refractivity contribution in [3.8, 4) is 5.75 Å². The number of carbonyl (C=O) groups is 2. The zero-order valence-electron chi connectivity index (χ0n) is 25.0. The molecule has 0 aliphatic heterocycles. The van der Waals surface area contributed by atoms with E-state index in [2.05, 4.69) is 29.9 Å². The van der Waals surface area contributed by atoms with Crippen LogP contribution >= 0.6 is 0 Å². The summed E-state index contributed by atoms with van der Waals surface area (Å²) >= 11 is 0. The minimum absolute atomic E-state index is 0.0879. The van der Waals surface area contributed by atoms with Crippen LogP contribution in [0.15, 0.2) is 46.5 Å². The predicted octanol–water partition coefficient (Wildman–Crippen LogP) is 5.47. The Balaban J connectivity index is 3.48. The van der Waals surface area contributed by atoms with Crippen molar-refractivity contribution in [1.82, 2.24) is 4.90 Å². The maximum Gasteiger partial charge on any atom is 0.422 e. The smallest absolute Gasteiger partial charge is 0.422 e. The minimum Gasteiger partial charge on any atom is -0.494 e. The van der Waals surface area contributed by atoms with Gasteiger partial charge < -0.3 is 29.7 Å². The molecular weight excluding hydrogens is 500 g/mol. The van der Waals surface area contributed by atoms with Gasteiger partial charge in [0.15, 0.2) is 0 Å². The fourth-order valence-electron chi connectivity index (χ4n) is 3.06. The molecule has 2 amide bonds. The van der Waals surface area contributed by atoms with Crippen molar-refractivity contribution >= 4 is 41.9 Å². The molecule has 11 heteroatoms. The zero-order valence-corrected chi connectivity index (χ0v) is 25.0. The molecule has 0 fully saturated rings. The summed E-state index contributed by atoms with van der Waals surface area (Å²) in [6.45, 7) is 24.5. The number of allylic oxidation sites excluding steroid dienone is 1. The Morgan fingerprint density at radius 3 is 1.95 bits per heavy atom. The third-order valence-corrected chi connectivity index (χ3v) is 5.10. The lowest BCUT2D eigenvalue weighted by atomic mass is 10.2. The molecule has 2 N–H and O–H groups in total. The first-order valence-electron chi connectivity index (χ1n) is 12.4. The fraction of sp³-hybridized carbons (Fsp3) is 0.500. The lowest BCUT2D eigenvalue weighted by molar-refractivity contribution is 0.0303. The number of nitrogen functional groups attached to an aromatic ring is 1. The SMILES string of the molecule is C=NC(=NC(=C)C(=C)C)N(C(=O)OC(C)(C)C)c1cc(N)c(N(C)CCN(C)C(=O)OC(C)(C)C)cc1OC. The molecule has 216 valence electrons. The average Bonchev–Trinajstić information content (AvgIpc) is 2.79. The van der Waals surface area contributed by atoms with E-state index in [0.717, 1.165) is 4.90 Å². The van der Waals surface area contributed by atoms with E-state index in [9.17, 15) is 9.59 Å². The van der Waals surface area contributed by atoms with Crippen molar-refractivity contribution in [2.75, 3.05) is 49.8 Å². The molecule has 1 aromatic rings. The van der Waals surface area contributed by atoms with E-state index >= 15 is 0 Å². The number of amides is 2. The van der Waals surface area contributed by atoms with Crippen LogP contribution in [0.4, 0.5) is 26.7 Å². The van der Waals surface area contributed by atoms with Crippen molar-refractivity contribution in [1.29, 1.82) is 0 Å². The first-order valence-corrected chi connectivity index (χ1v) is 12.4. The molecule has 0 bridgehead atoms. The number of rotatable bonds is 8. The second-order valence-corrected chi connectivity index (χ2v) is 11.0. The number of nitrogens with zero attached hydrogens (tertiary/aromatic N) is 5. The molecule has 0 aromatic heterocycles. The second kappa shape index (κ2) is 13.2. The third kappa shape index (κ3) is 9.99. The van der Waals surface area contributed by atoms with E-state index in [-0.39, 0.29) is 11.6 Å². The van der Waals surface area contributed by atoms with E-state index < -0.39 is 23.4 Å². The number of carbonyl (C=O) groups excluding carboxylic acids is 2. The van der Waals surface area contributed by atoms with Gasteiger partial charge in [-0.3, -0.25) is 0 Å². The summed E-state index contributed by atoms with van der Waals surface area (Å²) in [6, 6.07) is 3.25. The standard InChI is InChI=1S/C28H44N6O5/c1-18(2)19(3)31-24(30-10)34(26(36)39-28(7,8)9)22-16-20(29)21(17-23(22)37-13)32(11)14-15-33(12)25(35)38-27(4,5)6/h16-17H,1,3,10,14-15,29H2,2,4-9,11-13H3. The summed E-state index contributed by atoms with van der Waals surface area (Å²) in [5.41, 5.74) is 7.14. The molecule has 11 nitrogen and oxygen atoms in total. The number of nitrogens with two attached hydrogens (primary N) is 1. The van der Waals surface area contributed by atoms with E-state index in [1.54, 1.807) is 46.9 Å². The number of aliphatic imine (C=N–C) groups is 2. The highest BCUT2D eigenvalue weighted by Gasteiger charge is 2.31. The maximum absolute atomic E-state index is 13.4. The van der Waals surface area contributed by atoms with Crippen LogP contribution in [0.5, 0.6) is 5.75 Å². The first kappa shape index (κ1) is 33.0. The van der Waals surface area contributed by atoms with Gasteiger partial charge >= 0.3 is 12.2 Å².